The fraction of sp³-hybridized carbons (Fsp3) is 0.429. The van der Waals surface area contributed by atoms with Gasteiger partial charge in [0, 0.05) is 0 Å². The third-order valence-corrected chi connectivity index (χ3v) is 3.73. The summed E-state index contributed by atoms with van der Waals surface area (Å²) in [6, 6.07) is 9.03. The smallest absolute Gasteiger partial charge is 0.00617 e. The maximum atomic E-state index is 2.44. The molecule has 0 heterocycles. The molecule has 0 radical (unpaired) electrons. The number of benzene rings is 1. The molecule has 2 atom stereocenters. The zero-order valence-corrected chi connectivity index (χ0v) is 8.45. The minimum absolute atomic E-state index is 0.800. The van der Waals surface area contributed by atoms with Crippen molar-refractivity contribution in [2.45, 2.75) is 31.6 Å². The molecule has 0 heteroatoms. The van der Waals surface area contributed by atoms with Gasteiger partial charge in [-0.15, -0.1) is 0 Å². The minimum Gasteiger partial charge on any atom is -0.0876 e. The zero-order chi connectivity index (χ0) is 9.38. The molecule has 0 saturated carbocycles. The van der Waals surface area contributed by atoms with E-state index in [1.165, 1.54) is 25.7 Å². The highest BCUT2D eigenvalue weighted by atomic mass is 14.3. The van der Waals surface area contributed by atoms with Crippen molar-refractivity contribution in [1.29, 1.82) is 0 Å². The van der Waals surface area contributed by atoms with Crippen LogP contribution in [-0.4, -0.2) is 0 Å². The molecule has 0 N–H and O–H groups in total. The zero-order valence-electron chi connectivity index (χ0n) is 8.45. The van der Waals surface area contributed by atoms with Crippen LogP contribution in [0.1, 0.15) is 36.3 Å². The molecule has 0 spiro atoms. The van der Waals surface area contributed by atoms with Crippen LogP contribution in [0.15, 0.2) is 36.4 Å². The summed E-state index contributed by atoms with van der Waals surface area (Å²) in [6.45, 7) is 0. The van der Waals surface area contributed by atoms with E-state index >= 15 is 0 Å². The molecule has 3 rings (SSSR count). The van der Waals surface area contributed by atoms with Crippen LogP contribution in [-0.2, 0) is 6.42 Å². The Hall–Kier alpha value is -1.04. The van der Waals surface area contributed by atoms with E-state index in [0.717, 1.165) is 11.8 Å². The summed E-state index contributed by atoms with van der Waals surface area (Å²) in [5, 5.41) is 0. The van der Waals surface area contributed by atoms with Gasteiger partial charge >= 0.3 is 0 Å². The summed E-state index contributed by atoms with van der Waals surface area (Å²) in [5.74, 6) is 1.63. The van der Waals surface area contributed by atoms with Gasteiger partial charge in [-0.2, -0.15) is 0 Å². The van der Waals surface area contributed by atoms with Crippen LogP contribution < -0.4 is 0 Å². The summed E-state index contributed by atoms with van der Waals surface area (Å²) in [6.07, 6.45) is 10.1. The van der Waals surface area contributed by atoms with Crippen LogP contribution in [0.4, 0.5) is 0 Å². The number of allylic oxidation sites excluding steroid dienone is 2. The first-order valence-corrected chi connectivity index (χ1v) is 5.69. The summed E-state index contributed by atoms with van der Waals surface area (Å²) < 4.78 is 0. The van der Waals surface area contributed by atoms with Crippen LogP contribution in [0.5, 0.6) is 0 Å². The van der Waals surface area contributed by atoms with Gasteiger partial charge in [0.05, 0.1) is 0 Å². The van der Waals surface area contributed by atoms with Crippen molar-refractivity contribution in [3.63, 3.8) is 0 Å². The molecule has 0 fully saturated rings. The highest BCUT2D eigenvalue weighted by Gasteiger charge is 2.27. The number of rotatable bonds is 0. The van der Waals surface area contributed by atoms with Crippen LogP contribution >= 0.6 is 0 Å². The van der Waals surface area contributed by atoms with Crippen molar-refractivity contribution < 1.29 is 0 Å². The molecular formula is C14H16. The Morgan fingerprint density at radius 2 is 2.07 bits per heavy atom. The van der Waals surface area contributed by atoms with E-state index in [1.807, 2.05) is 0 Å². The van der Waals surface area contributed by atoms with Gasteiger partial charge in [-0.05, 0) is 48.6 Å². The van der Waals surface area contributed by atoms with E-state index in [9.17, 15) is 0 Å². The standard InChI is InChI=1S/C14H16/c1-2-9-13-11(5-1)6-3-7-12-8-4-10-14(12)13/h1-2,4-5,8-9,12,14H,3,6-7,10H2. The van der Waals surface area contributed by atoms with Gasteiger partial charge in [0.25, 0.3) is 0 Å². The molecule has 1 aromatic carbocycles. The molecule has 2 unspecified atom stereocenters. The van der Waals surface area contributed by atoms with E-state index in [4.69, 9.17) is 0 Å². The van der Waals surface area contributed by atoms with Crippen LogP contribution in [0.25, 0.3) is 0 Å². The first-order valence-electron chi connectivity index (χ1n) is 5.69. The first kappa shape index (κ1) is 8.28. The fourth-order valence-electron chi connectivity index (χ4n) is 3.02. The van der Waals surface area contributed by atoms with Gasteiger partial charge in [-0.25, -0.2) is 0 Å². The molecular weight excluding hydrogens is 168 g/mol. The molecule has 2 aliphatic carbocycles. The molecule has 0 saturated heterocycles. The third kappa shape index (κ3) is 1.21. The summed E-state index contributed by atoms with van der Waals surface area (Å²) >= 11 is 0. The lowest BCUT2D eigenvalue weighted by molar-refractivity contribution is 0.507. The summed E-state index contributed by atoms with van der Waals surface area (Å²) in [5.41, 5.74) is 3.23. The summed E-state index contributed by atoms with van der Waals surface area (Å²) in [7, 11) is 0. The van der Waals surface area contributed by atoms with Crippen molar-refractivity contribution in [2.24, 2.45) is 5.92 Å². The molecule has 0 nitrogen and oxygen atoms in total. The highest BCUT2D eigenvalue weighted by Crippen LogP contribution is 2.41. The molecule has 1 aromatic rings. The highest BCUT2D eigenvalue weighted by molar-refractivity contribution is 5.35. The average molecular weight is 184 g/mol. The quantitative estimate of drug-likeness (QED) is 0.539. The topological polar surface area (TPSA) is 0 Å². The van der Waals surface area contributed by atoms with Gasteiger partial charge in [-0.3, -0.25) is 0 Å². The van der Waals surface area contributed by atoms with Crippen molar-refractivity contribution in [3.8, 4) is 0 Å². The van der Waals surface area contributed by atoms with E-state index in [2.05, 4.69) is 36.4 Å². The molecule has 2 aliphatic rings. The maximum absolute atomic E-state index is 2.44. The van der Waals surface area contributed by atoms with Crippen molar-refractivity contribution >= 4 is 0 Å². The Kier molecular flexibility index (Phi) is 1.93. The molecule has 0 amide bonds. The van der Waals surface area contributed by atoms with Gasteiger partial charge in [0.1, 0.15) is 0 Å². The molecule has 14 heavy (non-hydrogen) atoms. The monoisotopic (exact) mass is 184 g/mol. The average Bonchev–Trinajstić information content (AvgIpc) is 2.61. The van der Waals surface area contributed by atoms with Crippen LogP contribution in [0, 0.1) is 5.92 Å². The Morgan fingerprint density at radius 3 is 3.07 bits per heavy atom. The van der Waals surface area contributed by atoms with E-state index in [-0.39, 0.29) is 0 Å². The second-order valence-electron chi connectivity index (χ2n) is 4.53. The lowest BCUT2D eigenvalue weighted by Gasteiger charge is -2.18. The Bertz CT molecular complexity index is 362. The molecule has 0 aromatic heterocycles. The number of aryl methyl sites for hydroxylation is 1. The lowest BCUT2D eigenvalue weighted by atomic mass is 9.86. The van der Waals surface area contributed by atoms with E-state index in [0.29, 0.717) is 0 Å². The predicted molar refractivity (Wildman–Crippen MR) is 59.4 cm³/mol. The molecule has 72 valence electrons. The van der Waals surface area contributed by atoms with E-state index < -0.39 is 0 Å². The van der Waals surface area contributed by atoms with Gasteiger partial charge in [0.15, 0.2) is 0 Å². The third-order valence-electron chi connectivity index (χ3n) is 3.73. The summed E-state index contributed by atoms with van der Waals surface area (Å²) in [4.78, 5) is 0. The SMILES string of the molecule is C1=CC2CCCc3ccccc3C2C1. The van der Waals surface area contributed by atoms with Crippen molar-refractivity contribution in [3.05, 3.63) is 47.5 Å². The number of hydrogen-bond donors (Lipinski definition) is 0. The number of hydrogen-bond acceptors (Lipinski definition) is 0. The Labute approximate surface area is 85.6 Å². The lowest BCUT2D eigenvalue weighted by Crippen LogP contribution is -2.04. The second kappa shape index (κ2) is 3.27. The van der Waals surface area contributed by atoms with Crippen LogP contribution in [0.2, 0.25) is 0 Å². The predicted octanol–water partition coefficient (Wildman–Crippen LogP) is 3.68. The van der Waals surface area contributed by atoms with Crippen molar-refractivity contribution in [1.82, 2.24) is 0 Å². The van der Waals surface area contributed by atoms with Gasteiger partial charge < -0.3 is 0 Å². The van der Waals surface area contributed by atoms with Gasteiger partial charge in [-0.1, -0.05) is 36.4 Å². The molecule has 0 bridgehead atoms. The van der Waals surface area contributed by atoms with Gasteiger partial charge in [0.2, 0.25) is 0 Å². The molecule has 0 aliphatic heterocycles. The number of fused-ring (bicyclic) bond motifs is 3. The van der Waals surface area contributed by atoms with Crippen molar-refractivity contribution in [2.75, 3.05) is 0 Å². The Morgan fingerprint density at radius 1 is 1.14 bits per heavy atom. The maximum Gasteiger partial charge on any atom is -0.00617 e. The minimum atomic E-state index is 0.800. The van der Waals surface area contributed by atoms with E-state index in [1.54, 1.807) is 11.1 Å². The second-order valence-corrected chi connectivity index (χ2v) is 4.53. The fourth-order valence-corrected chi connectivity index (χ4v) is 3.02. The first-order chi connectivity index (χ1) is 6.95. The van der Waals surface area contributed by atoms with Crippen LogP contribution in [0.3, 0.4) is 0 Å². The normalized spacial score (nSPS) is 29.4. The largest absolute Gasteiger partial charge is 0.0876 e. The Balaban J connectivity index is 2.06.